The van der Waals surface area contributed by atoms with Crippen molar-refractivity contribution in [1.29, 1.82) is 0 Å². The summed E-state index contributed by atoms with van der Waals surface area (Å²) >= 11 is 0. The summed E-state index contributed by atoms with van der Waals surface area (Å²) in [5.74, 6) is -0.100. The third-order valence-electron chi connectivity index (χ3n) is 3.30. The van der Waals surface area contributed by atoms with Crippen LogP contribution in [0.15, 0.2) is 43.0 Å². The van der Waals surface area contributed by atoms with Gasteiger partial charge in [-0.15, -0.1) is 0 Å². The van der Waals surface area contributed by atoms with Gasteiger partial charge in [-0.25, -0.2) is 9.67 Å². The van der Waals surface area contributed by atoms with Crippen LogP contribution in [0.2, 0.25) is 0 Å². The van der Waals surface area contributed by atoms with Crippen LogP contribution in [0, 0.1) is 0 Å². The number of aliphatic hydroxyl groups is 1. The van der Waals surface area contributed by atoms with Crippen LogP contribution in [-0.2, 0) is 11.3 Å². The Morgan fingerprint density at radius 3 is 2.59 bits per heavy atom. The molecule has 1 atom stereocenters. The Morgan fingerprint density at radius 1 is 1.36 bits per heavy atom. The molecular weight excluding hydrogens is 280 g/mol. The topological polar surface area (TPSA) is 71.2 Å². The summed E-state index contributed by atoms with van der Waals surface area (Å²) in [6.07, 6.45) is 2.93. The molecule has 0 unspecified atom stereocenters. The molecule has 22 heavy (non-hydrogen) atoms. The van der Waals surface area contributed by atoms with Gasteiger partial charge < -0.3 is 10.0 Å². The second-order valence-corrected chi connectivity index (χ2v) is 6.04. The molecule has 0 aliphatic carbocycles. The molecule has 0 aliphatic heterocycles. The molecule has 0 fully saturated rings. The van der Waals surface area contributed by atoms with Crippen molar-refractivity contribution in [2.75, 3.05) is 6.54 Å². The third kappa shape index (κ3) is 4.39. The molecule has 1 N–H and O–H groups in total. The van der Waals surface area contributed by atoms with Gasteiger partial charge in [-0.1, -0.05) is 30.3 Å². The van der Waals surface area contributed by atoms with E-state index in [2.05, 4.69) is 10.1 Å². The monoisotopic (exact) mass is 302 g/mol. The predicted molar refractivity (Wildman–Crippen MR) is 82.9 cm³/mol. The minimum absolute atomic E-state index is 0.100. The van der Waals surface area contributed by atoms with E-state index in [9.17, 15) is 9.90 Å². The summed E-state index contributed by atoms with van der Waals surface area (Å²) in [6.45, 7) is 5.86. The highest BCUT2D eigenvalue weighted by Crippen LogP contribution is 2.15. The number of amides is 1. The van der Waals surface area contributed by atoms with Crippen LogP contribution < -0.4 is 0 Å². The molecule has 1 heterocycles. The zero-order chi connectivity index (χ0) is 16.2. The first-order valence-corrected chi connectivity index (χ1v) is 7.26. The molecule has 118 valence electrons. The summed E-state index contributed by atoms with van der Waals surface area (Å²) in [5, 5.41) is 14.1. The van der Waals surface area contributed by atoms with Gasteiger partial charge in [0.1, 0.15) is 18.7 Å². The molecule has 0 radical (unpaired) electrons. The fraction of sp³-hybridized carbons (Fsp3) is 0.438. The fourth-order valence-electron chi connectivity index (χ4n) is 2.28. The number of aromatic nitrogens is 3. The molecule has 0 bridgehead atoms. The molecule has 2 rings (SSSR count). The number of hydrogen-bond acceptors (Lipinski definition) is 4. The van der Waals surface area contributed by atoms with Crippen LogP contribution in [0.4, 0.5) is 0 Å². The van der Waals surface area contributed by atoms with Gasteiger partial charge in [0.2, 0.25) is 5.91 Å². The van der Waals surface area contributed by atoms with Gasteiger partial charge >= 0.3 is 0 Å². The largest absolute Gasteiger partial charge is 0.389 e. The maximum Gasteiger partial charge on any atom is 0.247 e. The average molecular weight is 302 g/mol. The van der Waals surface area contributed by atoms with E-state index in [0.717, 1.165) is 5.56 Å². The molecule has 0 saturated carbocycles. The third-order valence-corrected chi connectivity index (χ3v) is 3.30. The molecule has 1 aromatic heterocycles. The van der Waals surface area contributed by atoms with Crippen LogP contribution in [0.25, 0.3) is 0 Å². The van der Waals surface area contributed by atoms with E-state index in [1.54, 1.807) is 25.7 Å². The molecule has 2 aromatic rings. The lowest BCUT2D eigenvalue weighted by atomic mass is 10.1. The molecule has 0 aliphatic rings. The quantitative estimate of drug-likeness (QED) is 0.880. The van der Waals surface area contributed by atoms with Crippen molar-refractivity contribution < 1.29 is 9.90 Å². The van der Waals surface area contributed by atoms with Crippen molar-refractivity contribution in [3.63, 3.8) is 0 Å². The molecular formula is C16H22N4O2. The minimum Gasteiger partial charge on any atom is -0.389 e. The zero-order valence-corrected chi connectivity index (χ0v) is 13.2. The fourth-order valence-corrected chi connectivity index (χ4v) is 2.28. The van der Waals surface area contributed by atoms with Crippen molar-refractivity contribution in [2.45, 2.75) is 39.0 Å². The zero-order valence-electron chi connectivity index (χ0n) is 13.2. The highest BCUT2D eigenvalue weighted by molar-refractivity contribution is 5.80. The standard InChI is InChI=1S/C16H22N4O2/c1-13(20-12-17-11-18-20)15(21)19(10-16(2,3)22)9-14-7-5-4-6-8-14/h4-8,11-13,22H,9-10H2,1-3H3/t13-/m0/s1. The molecule has 0 spiro atoms. The first-order chi connectivity index (χ1) is 10.4. The van der Waals surface area contributed by atoms with E-state index in [4.69, 9.17) is 0 Å². The molecule has 6 nitrogen and oxygen atoms in total. The highest BCUT2D eigenvalue weighted by Gasteiger charge is 2.27. The highest BCUT2D eigenvalue weighted by atomic mass is 16.3. The van der Waals surface area contributed by atoms with Crippen molar-refractivity contribution >= 4 is 5.91 Å². The van der Waals surface area contributed by atoms with E-state index in [1.165, 1.54) is 17.3 Å². The Morgan fingerprint density at radius 2 is 2.05 bits per heavy atom. The van der Waals surface area contributed by atoms with Crippen LogP contribution in [0.1, 0.15) is 32.4 Å². The van der Waals surface area contributed by atoms with Gasteiger partial charge in [0.15, 0.2) is 0 Å². The molecule has 6 heteroatoms. The Kier molecular flexibility index (Phi) is 4.92. The number of rotatable bonds is 6. The van der Waals surface area contributed by atoms with Gasteiger partial charge in [0.05, 0.1) is 5.60 Å². The maximum atomic E-state index is 12.7. The lowest BCUT2D eigenvalue weighted by Gasteiger charge is -2.31. The van der Waals surface area contributed by atoms with E-state index in [1.807, 2.05) is 30.3 Å². The second-order valence-electron chi connectivity index (χ2n) is 6.04. The van der Waals surface area contributed by atoms with Crippen LogP contribution >= 0.6 is 0 Å². The van der Waals surface area contributed by atoms with Gasteiger partial charge in [0, 0.05) is 13.1 Å². The van der Waals surface area contributed by atoms with E-state index in [0.29, 0.717) is 6.54 Å². The molecule has 1 amide bonds. The summed E-state index contributed by atoms with van der Waals surface area (Å²) in [4.78, 5) is 18.3. The Bertz CT molecular complexity index is 590. The first kappa shape index (κ1) is 16.2. The van der Waals surface area contributed by atoms with Gasteiger partial charge in [-0.05, 0) is 26.3 Å². The summed E-state index contributed by atoms with van der Waals surface area (Å²) in [7, 11) is 0. The number of carbonyl (C=O) groups is 1. The van der Waals surface area contributed by atoms with E-state index >= 15 is 0 Å². The van der Waals surface area contributed by atoms with Crippen LogP contribution in [-0.4, -0.2) is 42.8 Å². The van der Waals surface area contributed by atoms with Crippen molar-refractivity contribution in [3.8, 4) is 0 Å². The summed E-state index contributed by atoms with van der Waals surface area (Å²) in [6, 6.07) is 9.26. The number of benzene rings is 1. The lowest BCUT2D eigenvalue weighted by molar-refractivity contribution is -0.138. The normalized spacial score (nSPS) is 12.9. The summed E-state index contributed by atoms with van der Waals surface area (Å²) < 4.78 is 1.52. The summed E-state index contributed by atoms with van der Waals surface area (Å²) in [5.41, 5.74) is 0.0536. The maximum absolute atomic E-state index is 12.7. The van der Waals surface area contributed by atoms with Crippen molar-refractivity contribution in [1.82, 2.24) is 19.7 Å². The van der Waals surface area contributed by atoms with Crippen LogP contribution in [0.5, 0.6) is 0 Å². The predicted octanol–water partition coefficient (Wildman–Crippen LogP) is 1.64. The Labute approximate surface area is 130 Å². The van der Waals surface area contributed by atoms with Crippen molar-refractivity contribution in [2.24, 2.45) is 0 Å². The lowest BCUT2D eigenvalue weighted by Crippen LogP contribution is -2.44. The number of carbonyl (C=O) groups excluding carboxylic acids is 1. The smallest absolute Gasteiger partial charge is 0.247 e. The van der Waals surface area contributed by atoms with Gasteiger partial charge in [0.25, 0.3) is 0 Å². The van der Waals surface area contributed by atoms with Crippen LogP contribution in [0.3, 0.4) is 0 Å². The Balaban J connectivity index is 2.18. The minimum atomic E-state index is -0.966. The van der Waals surface area contributed by atoms with Crippen molar-refractivity contribution in [3.05, 3.63) is 48.5 Å². The Hall–Kier alpha value is -2.21. The second kappa shape index (κ2) is 6.70. The van der Waals surface area contributed by atoms with E-state index < -0.39 is 11.6 Å². The first-order valence-electron chi connectivity index (χ1n) is 7.26. The van der Waals surface area contributed by atoms with Gasteiger partial charge in [-0.3, -0.25) is 4.79 Å². The molecule has 0 saturated heterocycles. The average Bonchev–Trinajstić information content (AvgIpc) is 2.99. The number of nitrogens with zero attached hydrogens (tertiary/aromatic N) is 4. The van der Waals surface area contributed by atoms with E-state index in [-0.39, 0.29) is 12.5 Å². The number of hydrogen-bond donors (Lipinski definition) is 1. The van der Waals surface area contributed by atoms with Gasteiger partial charge in [-0.2, -0.15) is 5.10 Å². The molecule has 1 aromatic carbocycles. The SMILES string of the molecule is C[C@@H](C(=O)N(Cc1ccccc1)CC(C)(C)O)n1cncn1.